The molecule has 1 aliphatic heterocycles. The van der Waals surface area contributed by atoms with E-state index in [1.54, 1.807) is 12.1 Å². The molecule has 3 rings (SSSR count). The maximum absolute atomic E-state index is 13.0. The second-order valence-corrected chi connectivity index (χ2v) is 7.58. The highest BCUT2D eigenvalue weighted by Gasteiger charge is 2.61. The van der Waals surface area contributed by atoms with Gasteiger partial charge in [-0.2, -0.15) is 5.06 Å². The zero-order valence-electron chi connectivity index (χ0n) is 15.9. The topological polar surface area (TPSA) is 65.1 Å². The Morgan fingerprint density at radius 1 is 1.00 bits per heavy atom. The molecule has 2 atom stereocenters. The Kier molecular flexibility index (Phi) is 6.17. The first-order chi connectivity index (χ1) is 13.4. The van der Waals surface area contributed by atoms with Crippen molar-refractivity contribution < 1.29 is 23.9 Å². The fourth-order valence-electron chi connectivity index (χ4n) is 3.84. The number of nitrogens with zero attached hydrogens (tertiary/aromatic N) is 1. The number of carbonyl (C=O) groups is 2. The van der Waals surface area contributed by atoms with Crippen molar-refractivity contribution in [3.8, 4) is 0 Å². The Morgan fingerprint density at radius 3 is 2.11 bits per heavy atom. The predicted molar refractivity (Wildman–Crippen MR) is 106 cm³/mol. The van der Waals surface area contributed by atoms with Gasteiger partial charge in [0.15, 0.2) is 5.41 Å². The van der Waals surface area contributed by atoms with E-state index in [-0.39, 0.29) is 6.42 Å². The molecule has 1 saturated heterocycles. The monoisotopic (exact) mass is 447 g/mol. The molecule has 0 amide bonds. The quantitative estimate of drug-likeness (QED) is 0.524. The molecular weight excluding hydrogens is 426 g/mol. The van der Waals surface area contributed by atoms with E-state index >= 15 is 0 Å². The summed E-state index contributed by atoms with van der Waals surface area (Å²) in [6.45, 7) is 0. The van der Waals surface area contributed by atoms with Crippen LogP contribution in [-0.4, -0.2) is 38.3 Å². The van der Waals surface area contributed by atoms with Gasteiger partial charge >= 0.3 is 11.9 Å². The second-order valence-electron chi connectivity index (χ2n) is 6.66. The summed E-state index contributed by atoms with van der Waals surface area (Å²) in [7, 11) is 4.26. The highest BCUT2D eigenvalue weighted by Crippen LogP contribution is 2.51. The van der Waals surface area contributed by atoms with Crippen LogP contribution < -0.4 is 0 Å². The Morgan fingerprint density at radius 2 is 1.57 bits per heavy atom. The number of rotatable bonds is 4. The summed E-state index contributed by atoms with van der Waals surface area (Å²) in [6.07, 6.45) is -0.405. The summed E-state index contributed by atoms with van der Waals surface area (Å²) in [6, 6.07) is 16.2. The van der Waals surface area contributed by atoms with E-state index in [0.29, 0.717) is 0 Å². The molecule has 148 valence electrons. The molecule has 1 aliphatic rings. The molecule has 0 spiro atoms. The third kappa shape index (κ3) is 3.57. The van der Waals surface area contributed by atoms with E-state index in [4.69, 9.17) is 14.3 Å². The Bertz CT molecular complexity index is 824. The molecule has 6 nitrogen and oxygen atoms in total. The van der Waals surface area contributed by atoms with Gasteiger partial charge in [0.05, 0.1) is 20.3 Å². The molecule has 0 aliphatic carbocycles. The Labute approximate surface area is 172 Å². The van der Waals surface area contributed by atoms with E-state index in [1.807, 2.05) is 54.6 Å². The van der Waals surface area contributed by atoms with Crippen molar-refractivity contribution in [2.24, 2.45) is 5.41 Å². The maximum atomic E-state index is 13.0. The average Bonchev–Trinajstić information content (AvgIpc) is 2.73. The van der Waals surface area contributed by atoms with Crippen LogP contribution in [0.25, 0.3) is 0 Å². The van der Waals surface area contributed by atoms with Crippen molar-refractivity contribution in [3.05, 3.63) is 70.2 Å². The average molecular weight is 448 g/mol. The van der Waals surface area contributed by atoms with Crippen LogP contribution >= 0.6 is 15.9 Å². The second kappa shape index (κ2) is 8.43. The molecule has 1 heterocycles. The van der Waals surface area contributed by atoms with Crippen molar-refractivity contribution in [2.45, 2.75) is 18.6 Å². The number of ether oxygens (including phenoxy) is 2. The van der Waals surface area contributed by atoms with Crippen LogP contribution in [0.3, 0.4) is 0 Å². The van der Waals surface area contributed by atoms with E-state index in [0.717, 1.165) is 15.6 Å². The molecular formula is C21H22BrNO5. The van der Waals surface area contributed by atoms with Crippen LogP contribution in [0.15, 0.2) is 59.1 Å². The fraction of sp³-hybridized carbons (Fsp3) is 0.333. The van der Waals surface area contributed by atoms with Gasteiger partial charge in [0.1, 0.15) is 6.10 Å². The summed E-state index contributed by atoms with van der Waals surface area (Å²) < 4.78 is 11.1. The van der Waals surface area contributed by atoms with E-state index in [9.17, 15) is 9.59 Å². The first-order valence-electron chi connectivity index (χ1n) is 8.81. The van der Waals surface area contributed by atoms with E-state index in [2.05, 4.69) is 15.9 Å². The van der Waals surface area contributed by atoms with Gasteiger partial charge in [-0.05, 0) is 23.3 Å². The minimum absolute atomic E-state index is 0.0986. The molecule has 28 heavy (non-hydrogen) atoms. The number of hydrogen-bond acceptors (Lipinski definition) is 6. The van der Waals surface area contributed by atoms with Crippen LogP contribution in [0.4, 0.5) is 0 Å². The van der Waals surface area contributed by atoms with E-state index < -0.39 is 29.5 Å². The highest BCUT2D eigenvalue weighted by molar-refractivity contribution is 9.10. The molecule has 2 aromatic carbocycles. The van der Waals surface area contributed by atoms with Crippen LogP contribution in [0.2, 0.25) is 0 Å². The van der Waals surface area contributed by atoms with Gasteiger partial charge in [0.2, 0.25) is 0 Å². The zero-order valence-corrected chi connectivity index (χ0v) is 17.5. The molecule has 0 saturated carbocycles. The lowest BCUT2D eigenvalue weighted by atomic mass is 9.70. The molecule has 0 radical (unpaired) electrons. The van der Waals surface area contributed by atoms with Crippen LogP contribution in [-0.2, 0) is 23.9 Å². The Balaban J connectivity index is 2.15. The smallest absolute Gasteiger partial charge is 0.325 e. The van der Waals surface area contributed by atoms with Crippen molar-refractivity contribution in [1.82, 2.24) is 5.06 Å². The number of methoxy groups -OCH3 is 2. The molecule has 2 aromatic rings. The SMILES string of the molecule is COC(=O)C1(C(=O)OC)CC(c2ccccc2)ON(C)[C@@H]1c1ccc(Br)cc1. The molecule has 7 heteroatoms. The Hall–Kier alpha value is -2.22. The lowest BCUT2D eigenvalue weighted by Gasteiger charge is -2.47. The first-order valence-corrected chi connectivity index (χ1v) is 9.60. The molecule has 0 bridgehead atoms. The molecule has 0 N–H and O–H groups in total. The molecule has 0 aromatic heterocycles. The van der Waals surface area contributed by atoms with Gasteiger partial charge in [0.25, 0.3) is 0 Å². The maximum Gasteiger partial charge on any atom is 0.325 e. The van der Waals surface area contributed by atoms with Crippen molar-refractivity contribution in [2.75, 3.05) is 21.3 Å². The minimum Gasteiger partial charge on any atom is -0.468 e. The summed E-state index contributed by atoms with van der Waals surface area (Å²) in [4.78, 5) is 32.2. The third-order valence-electron chi connectivity index (χ3n) is 5.09. The number of benzene rings is 2. The molecule has 1 unspecified atom stereocenters. The summed E-state index contributed by atoms with van der Waals surface area (Å²) in [5.41, 5.74) is 0.0268. The number of carbonyl (C=O) groups excluding carboxylic acids is 2. The van der Waals surface area contributed by atoms with Crippen molar-refractivity contribution in [1.29, 1.82) is 0 Å². The van der Waals surface area contributed by atoms with Crippen molar-refractivity contribution in [3.63, 3.8) is 0 Å². The van der Waals surface area contributed by atoms with Gasteiger partial charge in [-0.15, -0.1) is 0 Å². The summed E-state index contributed by atoms with van der Waals surface area (Å²) in [5, 5.41) is 1.55. The lowest BCUT2D eigenvalue weighted by Crippen LogP contribution is -2.55. The van der Waals surface area contributed by atoms with E-state index in [1.165, 1.54) is 14.2 Å². The van der Waals surface area contributed by atoms with Crippen LogP contribution in [0, 0.1) is 5.41 Å². The van der Waals surface area contributed by atoms with Crippen molar-refractivity contribution >= 4 is 27.9 Å². The van der Waals surface area contributed by atoms with Gasteiger partial charge in [-0.25, -0.2) is 0 Å². The summed E-state index contributed by atoms with van der Waals surface area (Å²) >= 11 is 3.41. The van der Waals surface area contributed by atoms with Gasteiger partial charge in [-0.1, -0.05) is 58.4 Å². The van der Waals surface area contributed by atoms with Crippen LogP contribution in [0.5, 0.6) is 0 Å². The number of hydroxylamine groups is 2. The number of halogens is 1. The largest absolute Gasteiger partial charge is 0.468 e. The standard InChI is InChI=1S/C21H22BrNO5/c1-23-18(15-9-11-16(22)12-10-15)21(19(24)26-2,20(25)27-3)13-17(28-23)14-7-5-4-6-8-14/h4-12,17-18H,13H2,1-3H3/t17?,18-/m1/s1. The third-order valence-corrected chi connectivity index (χ3v) is 5.62. The number of esters is 2. The minimum atomic E-state index is -1.58. The molecule has 1 fully saturated rings. The first kappa shape index (κ1) is 20.5. The zero-order chi connectivity index (χ0) is 20.3. The normalized spacial score (nSPS) is 21.7. The van der Waals surface area contributed by atoms with Gasteiger partial charge in [-0.3, -0.25) is 14.4 Å². The predicted octanol–water partition coefficient (Wildman–Crippen LogP) is 3.83. The van der Waals surface area contributed by atoms with Gasteiger partial charge < -0.3 is 9.47 Å². The van der Waals surface area contributed by atoms with Crippen LogP contribution in [0.1, 0.15) is 29.7 Å². The fourth-order valence-corrected chi connectivity index (χ4v) is 4.10. The summed E-state index contributed by atoms with van der Waals surface area (Å²) in [5.74, 6) is -1.30. The lowest BCUT2D eigenvalue weighted by molar-refractivity contribution is -0.277. The number of hydrogen-bond donors (Lipinski definition) is 0. The van der Waals surface area contributed by atoms with Gasteiger partial charge in [0, 0.05) is 17.9 Å². The highest BCUT2D eigenvalue weighted by atomic mass is 79.9.